The molecule has 136 valence electrons. The smallest absolute Gasteiger partial charge is 0.126 e. The summed E-state index contributed by atoms with van der Waals surface area (Å²) in [5.74, 6) is -1.29. The lowest BCUT2D eigenvalue weighted by molar-refractivity contribution is 0.565. The summed E-state index contributed by atoms with van der Waals surface area (Å²) in [7, 11) is -1.38. The number of pyridine rings is 1. The fourth-order valence-electron chi connectivity index (χ4n) is 2.14. The summed E-state index contributed by atoms with van der Waals surface area (Å²) in [4.78, 5) is 4.43. The first-order valence-corrected chi connectivity index (χ1v) is 10.2. The van der Waals surface area contributed by atoms with Gasteiger partial charge in [-0.1, -0.05) is 0 Å². The molecule has 2 rings (SSSR count). The van der Waals surface area contributed by atoms with E-state index in [1.807, 2.05) is 26.8 Å². The molecule has 0 bridgehead atoms. The predicted molar refractivity (Wildman–Crippen MR) is 103 cm³/mol. The molecule has 0 amide bonds. The number of rotatable bonds is 5. The standard InChI is InChI=1S/C17H18Br2F2N2OS/c1-17(2,3)25(24)23-14(16-13(18)4-5-15(19)22-16)8-10-6-11(20)9-12(21)7-10/h4-7,9,14,23H,8H2,1-3H3. The number of hydrogen-bond donors (Lipinski definition) is 1. The van der Waals surface area contributed by atoms with Gasteiger partial charge in [-0.05, 0) is 88.9 Å². The van der Waals surface area contributed by atoms with E-state index in [0.29, 0.717) is 15.9 Å². The Bertz CT molecular complexity index is 776. The van der Waals surface area contributed by atoms with Gasteiger partial charge >= 0.3 is 0 Å². The minimum absolute atomic E-state index is 0.235. The van der Waals surface area contributed by atoms with E-state index in [4.69, 9.17) is 0 Å². The molecule has 0 aliphatic carbocycles. The second-order valence-corrected chi connectivity index (χ2v) is 10.2. The van der Waals surface area contributed by atoms with Crippen LogP contribution in [0.15, 0.2) is 39.4 Å². The van der Waals surface area contributed by atoms with Crippen molar-refractivity contribution in [2.45, 2.75) is 38.0 Å². The van der Waals surface area contributed by atoms with Crippen molar-refractivity contribution in [3.8, 4) is 0 Å². The number of nitrogens with zero attached hydrogens (tertiary/aromatic N) is 1. The molecule has 1 aromatic heterocycles. The molecule has 3 nitrogen and oxygen atoms in total. The molecule has 0 saturated carbocycles. The van der Waals surface area contributed by atoms with Gasteiger partial charge in [-0.15, -0.1) is 0 Å². The van der Waals surface area contributed by atoms with Crippen LogP contribution in [0, 0.1) is 11.6 Å². The summed E-state index contributed by atoms with van der Waals surface area (Å²) < 4.78 is 43.5. The predicted octanol–water partition coefficient (Wildman–Crippen LogP) is 5.22. The number of benzene rings is 1. The molecule has 25 heavy (non-hydrogen) atoms. The Morgan fingerprint density at radius 2 is 1.76 bits per heavy atom. The van der Waals surface area contributed by atoms with Crippen LogP contribution in [0.4, 0.5) is 8.78 Å². The van der Waals surface area contributed by atoms with Gasteiger partial charge in [0.1, 0.15) is 16.2 Å². The SMILES string of the molecule is CC(C)(C)S(=O)NC(Cc1cc(F)cc(F)c1)c1nc(Br)ccc1Br. The third-order valence-corrected chi connectivity index (χ3v) is 6.06. The van der Waals surface area contributed by atoms with Crippen LogP contribution in [-0.2, 0) is 17.4 Å². The Morgan fingerprint density at radius 1 is 1.16 bits per heavy atom. The molecule has 1 aromatic carbocycles. The van der Waals surface area contributed by atoms with Gasteiger partial charge in [-0.25, -0.2) is 22.7 Å². The van der Waals surface area contributed by atoms with E-state index in [1.165, 1.54) is 12.1 Å². The fourth-order valence-corrected chi connectivity index (χ4v) is 3.77. The van der Waals surface area contributed by atoms with Crippen LogP contribution in [0.2, 0.25) is 0 Å². The van der Waals surface area contributed by atoms with Crippen molar-refractivity contribution >= 4 is 42.8 Å². The molecule has 2 unspecified atom stereocenters. The van der Waals surface area contributed by atoms with Crippen LogP contribution in [0.3, 0.4) is 0 Å². The highest BCUT2D eigenvalue weighted by Gasteiger charge is 2.26. The van der Waals surface area contributed by atoms with Crippen molar-refractivity contribution < 1.29 is 13.0 Å². The molecule has 0 saturated heterocycles. The van der Waals surface area contributed by atoms with Crippen LogP contribution in [0.5, 0.6) is 0 Å². The maximum atomic E-state index is 13.5. The normalized spacial score (nSPS) is 14.4. The van der Waals surface area contributed by atoms with Crippen LogP contribution >= 0.6 is 31.9 Å². The second kappa shape index (κ2) is 8.33. The van der Waals surface area contributed by atoms with Gasteiger partial charge < -0.3 is 0 Å². The van der Waals surface area contributed by atoms with Crippen LogP contribution in [0.25, 0.3) is 0 Å². The lowest BCUT2D eigenvalue weighted by atomic mass is 10.0. The highest BCUT2D eigenvalue weighted by molar-refractivity contribution is 9.11. The number of nitrogens with one attached hydrogen (secondary N) is 1. The Morgan fingerprint density at radius 3 is 2.32 bits per heavy atom. The molecule has 2 aromatic rings. The van der Waals surface area contributed by atoms with Crippen molar-refractivity contribution in [3.63, 3.8) is 0 Å². The highest BCUT2D eigenvalue weighted by atomic mass is 79.9. The largest absolute Gasteiger partial charge is 0.243 e. The van der Waals surface area contributed by atoms with E-state index < -0.39 is 33.4 Å². The highest BCUT2D eigenvalue weighted by Crippen LogP contribution is 2.28. The van der Waals surface area contributed by atoms with E-state index in [9.17, 15) is 13.0 Å². The molecular weight excluding hydrogens is 478 g/mol. The molecule has 0 aliphatic rings. The van der Waals surface area contributed by atoms with Crippen LogP contribution < -0.4 is 4.72 Å². The molecule has 0 aliphatic heterocycles. The summed E-state index contributed by atoms with van der Waals surface area (Å²) >= 11 is 6.77. The first-order chi connectivity index (χ1) is 11.6. The van der Waals surface area contributed by atoms with E-state index in [2.05, 4.69) is 41.6 Å². The third-order valence-electron chi connectivity index (χ3n) is 3.34. The van der Waals surface area contributed by atoms with Gasteiger partial charge in [0.15, 0.2) is 0 Å². The minimum Gasteiger partial charge on any atom is -0.243 e. The zero-order valence-corrected chi connectivity index (χ0v) is 17.9. The molecule has 0 spiro atoms. The summed E-state index contributed by atoms with van der Waals surface area (Å²) in [5.41, 5.74) is 1.06. The fraction of sp³-hybridized carbons (Fsp3) is 0.353. The van der Waals surface area contributed by atoms with E-state index in [0.717, 1.165) is 10.5 Å². The Balaban J connectivity index is 2.41. The van der Waals surface area contributed by atoms with Gasteiger partial charge in [0.05, 0.1) is 27.5 Å². The number of aromatic nitrogens is 1. The zero-order chi connectivity index (χ0) is 18.8. The van der Waals surface area contributed by atoms with Gasteiger partial charge in [0.2, 0.25) is 0 Å². The lowest BCUT2D eigenvalue weighted by Crippen LogP contribution is -2.37. The first-order valence-electron chi connectivity index (χ1n) is 7.51. The molecule has 0 fully saturated rings. The van der Waals surface area contributed by atoms with Gasteiger partial charge in [-0.3, -0.25) is 0 Å². The third kappa shape index (κ3) is 5.91. The first kappa shape index (κ1) is 20.6. The van der Waals surface area contributed by atoms with Crippen LogP contribution in [-0.4, -0.2) is 13.9 Å². The number of hydrogen-bond acceptors (Lipinski definition) is 2. The van der Waals surface area contributed by atoms with E-state index in [1.54, 1.807) is 6.07 Å². The van der Waals surface area contributed by atoms with Crippen molar-refractivity contribution in [3.05, 3.63) is 62.3 Å². The average molecular weight is 496 g/mol. The summed E-state index contributed by atoms with van der Waals surface area (Å²) in [6.45, 7) is 5.54. The molecule has 2 atom stereocenters. The van der Waals surface area contributed by atoms with Crippen molar-refractivity contribution in [1.29, 1.82) is 0 Å². The zero-order valence-electron chi connectivity index (χ0n) is 13.9. The Hall–Kier alpha value is -0.700. The summed E-state index contributed by atoms with van der Waals surface area (Å²) in [5, 5.41) is 0. The quantitative estimate of drug-likeness (QED) is 0.577. The van der Waals surface area contributed by atoms with Gasteiger partial charge in [0.25, 0.3) is 0 Å². The molecular formula is C17H18Br2F2N2OS. The van der Waals surface area contributed by atoms with E-state index in [-0.39, 0.29) is 6.42 Å². The van der Waals surface area contributed by atoms with Crippen molar-refractivity contribution in [2.75, 3.05) is 0 Å². The Kier molecular flexibility index (Phi) is 6.87. The topological polar surface area (TPSA) is 42.0 Å². The maximum absolute atomic E-state index is 13.5. The van der Waals surface area contributed by atoms with Crippen LogP contribution in [0.1, 0.15) is 38.1 Å². The van der Waals surface area contributed by atoms with Gasteiger partial charge in [0, 0.05) is 10.5 Å². The number of halogens is 4. The lowest BCUT2D eigenvalue weighted by Gasteiger charge is -2.25. The summed E-state index contributed by atoms with van der Waals surface area (Å²) in [6, 6.07) is 6.45. The van der Waals surface area contributed by atoms with Crippen molar-refractivity contribution in [1.82, 2.24) is 9.71 Å². The monoisotopic (exact) mass is 494 g/mol. The van der Waals surface area contributed by atoms with Crippen molar-refractivity contribution in [2.24, 2.45) is 0 Å². The van der Waals surface area contributed by atoms with Gasteiger partial charge in [-0.2, -0.15) is 0 Å². The molecule has 8 heteroatoms. The minimum atomic E-state index is -1.38. The average Bonchev–Trinajstić information content (AvgIpc) is 2.47. The van der Waals surface area contributed by atoms with E-state index >= 15 is 0 Å². The molecule has 1 N–H and O–H groups in total. The Labute approximate surface area is 165 Å². The second-order valence-electron chi connectivity index (χ2n) is 6.53. The molecule has 0 radical (unpaired) electrons. The maximum Gasteiger partial charge on any atom is 0.126 e. The molecule has 1 heterocycles. The summed E-state index contributed by atoms with van der Waals surface area (Å²) in [6.07, 6.45) is 0.235.